The Morgan fingerprint density at radius 3 is 2.94 bits per heavy atom. The van der Waals surface area contributed by atoms with E-state index in [-0.39, 0.29) is 11.6 Å². The van der Waals surface area contributed by atoms with Gasteiger partial charge in [-0.05, 0) is 35.5 Å². The van der Waals surface area contributed by atoms with E-state index >= 15 is 0 Å². The Balaban J connectivity index is 2.11. The van der Waals surface area contributed by atoms with Gasteiger partial charge in [0.1, 0.15) is 4.34 Å². The molecule has 2 nitrogen and oxygen atoms in total. The molecule has 1 aromatic carbocycles. The first kappa shape index (κ1) is 10.1. The second kappa shape index (κ2) is 3.75. The second-order valence-corrected chi connectivity index (χ2v) is 5.60. The van der Waals surface area contributed by atoms with Gasteiger partial charge in [0.15, 0.2) is 0 Å². The molecule has 2 aromatic rings. The summed E-state index contributed by atoms with van der Waals surface area (Å²) in [6, 6.07) is 9.99. The maximum Gasteiger partial charge on any atom is 0.262 e. The molecule has 1 heterocycles. The van der Waals surface area contributed by atoms with Gasteiger partial charge in [0.2, 0.25) is 0 Å². The predicted molar refractivity (Wildman–Crippen MR) is 66.5 cm³/mol. The summed E-state index contributed by atoms with van der Waals surface area (Å²) in [5.74, 6) is 0. The fourth-order valence-electron chi connectivity index (χ4n) is 2.32. The number of fused-ring (bicyclic) bond motifs is 1. The number of hydrogen-bond acceptors (Lipinski definition) is 2. The summed E-state index contributed by atoms with van der Waals surface area (Å²) in [5.41, 5.74) is 2.63. The van der Waals surface area contributed by atoms with Crippen LogP contribution < -0.4 is 5.56 Å². The van der Waals surface area contributed by atoms with Gasteiger partial charge in [-0.3, -0.25) is 8.75 Å². The van der Waals surface area contributed by atoms with Crippen LogP contribution in [0.5, 0.6) is 0 Å². The first-order valence-electron chi connectivity index (χ1n) is 5.22. The molecule has 0 amide bonds. The van der Waals surface area contributed by atoms with Crippen LogP contribution in [0.4, 0.5) is 0 Å². The Bertz CT molecular complexity index is 587. The van der Waals surface area contributed by atoms with Crippen LogP contribution in [0.2, 0.25) is 4.34 Å². The fourth-order valence-corrected chi connectivity index (χ4v) is 3.47. The van der Waals surface area contributed by atoms with Gasteiger partial charge >= 0.3 is 0 Å². The molecule has 1 aromatic heterocycles. The highest BCUT2D eigenvalue weighted by molar-refractivity contribution is 7.11. The Labute approximate surface area is 102 Å². The van der Waals surface area contributed by atoms with E-state index in [1.807, 2.05) is 12.1 Å². The van der Waals surface area contributed by atoms with E-state index in [0.717, 1.165) is 12.8 Å². The largest absolute Gasteiger partial charge is 0.268 e. The van der Waals surface area contributed by atoms with Crippen molar-refractivity contribution >= 4 is 23.1 Å². The summed E-state index contributed by atoms with van der Waals surface area (Å²) in [7, 11) is 0. The highest BCUT2D eigenvalue weighted by atomic mass is 35.5. The molecule has 16 heavy (non-hydrogen) atoms. The SMILES string of the molecule is O=c1cc(Cl)sn1C1CCc2ccccc21. The molecule has 82 valence electrons. The lowest BCUT2D eigenvalue weighted by molar-refractivity contribution is 0.608. The third-order valence-electron chi connectivity index (χ3n) is 3.02. The second-order valence-electron chi connectivity index (χ2n) is 3.96. The molecule has 1 unspecified atom stereocenters. The molecule has 0 saturated heterocycles. The third-order valence-corrected chi connectivity index (χ3v) is 4.26. The Morgan fingerprint density at radius 2 is 2.19 bits per heavy atom. The maximum atomic E-state index is 11.7. The smallest absolute Gasteiger partial charge is 0.262 e. The molecule has 3 rings (SSSR count). The molecule has 1 atom stereocenters. The average molecular weight is 252 g/mol. The minimum absolute atomic E-state index is 0.0108. The van der Waals surface area contributed by atoms with Crippen LogP contribution in [-0.2, 0) is 6.42 Å². The summed E-state index contributed by atoms with van der Waals surface area (Å²) in [6.45, 7) is 0. The highest BCUT2D eigenvalue weighted by Crippen LogP contribution is 2.35. The number of hydrogen-bond donors (Lipinski definition) is 0. The van der Waals surface area contributed by atoms with Crippen molar-refractivity contribution < 1.29 is 0 Å². The van der Waals surface area contributed by atoms with Gasteiger partial charge in [0.25, 0.3) is 5.56 Å². The van der Waals surface area contributed by atoms with E-state index in [0.29, 0.717) is 4.34 Å². The quantitative estimate of drug-likeness (QED) is 0.763. The minimum Gasteiger partial charge on any atom is -0.268 e. The van der Waals surface area contributed by atoms with Gasteiger partial charge in [-0.2, -0.15) is 0 Å². The predicted octanol–water partition coefficient (Wildman–Crippen LogP) is 3.10. The molecule has 0 radical (unpaired) electrons. The van der Waals surface area contributed by atoms with Gasteiger partial charge in [0.05, 0.1) is 6.04 Å². The molecule has 0 saturated carbocycles. The molecule has 0 N–H and O–H groups in total. The molecule has 0 fully saturated rings. The highest BCUT2D eigenvalue weighted by Gasteiger charge is 2.25. The monoisotopic (exact) mass is 251 g/mol. The molecule has 1 aliphatic carbocycles. The lowest BCUT2D eigenvalue weighted by Gasteiger charge is -2.11. The third kappa shape index (κ3) is 1.51. The zero-order valence-corrected chi connectivity index (χ0v) is 10.1. The van der Waals surface area contributed by atoms with Crippen molar-refractivity contribution in [1.82, 2.24) is 3.96 Å². The summed E-state index contributed by atoms with van der Waals surface area (Å²) < 4.78 is 2.35. The number of nitrogens with zero attached hydrogens (tertiary/aromatic N) is 1. The molecule has 4 heteroatoms. The lowest BCUT2D eigenvalue weighted by Crippen LogP contribution is -2.17. The minimum atomic E-state index is 0.0108. The number of aryl methyl sites for hydroxylation is 1. The van der Waals surface area contributed by atoms with Gasteiger partial charge in [0, 0.05) is 6.07 Å². The normalized spacial score (nSPS) is 18.7. The van der Waals surface area contributed by atoms with Crippen LogP contribution in [0.15, 0.2) is 35.1 Å². The van der Waals surface area contributed by atoms with Crippen LogP contribution in [0.1, 0.15) is 23.6 Å². The van der Waals surface area contributed by atoms with E-state index in [2.05, 4.69) is 12.1 Å². The Morgan fingerprint density at radius 1 is 1.38 bits per heavy atom. The van der Waals surface area contributed by atoms with Crippen LogP contribution >= 0.6 is 23.1 Å². The number of aromatic nitrogens is 1. The van der Waals surface area contributed by atoms with Crippen LogP contribution in [0.25, 0.3) is 0 Å². The Hall–Kier alpha value is -1.06. The average Bonchev–Trinajstić information content (AvgIpc) is 2.81. The Kier molecular flexibility index (Phi) is 2.37. The van der Waals surface area contributed by atoms with Crippen molar-refractivity contribution in [3.8, 4) is 0 Å². The zero-order valence-electron chi connectivity index (χ0n) is 8.52. The zero-order chi connectivity index (χ0) is 11.1. The molecular weight excluding hydrogens is 242 g/mol. The van der Waals surface area contributed by atoms with E-state index in [9.17, 15) is 4.79 Å². The molecule has 0 bridgehead atoms. The van der Waals surface area contributed by atoms with Crippen molar-refractivity contribution in [2.24, 2.45) is 0 Å². The van der Waals surface area contributed by atoms with Gasteiger partial charge in [-0.1, -0.05) is 35.9 Å². The van der Waals surface area contributed by atoms with E-state index in [1.54, 1.807) is 3.96 Å². The standard InChI is InChI=1S/C12H10ClNOS/c13-11-7-12(15)14(16-11)10-6-5-8-3-1-2-4-9(8)10/h1-4,7,10H,5-6H2. The van der Waals surface area contributed by atoms with Crippen LogP contribution in [-0.4, -0.2) is 3.96 Å². The van der Waals surface area contributed by atoms with Crippen molar-refractivity contribution in [3.05, 3.63) is 56.1 Å². The molecular formula is C12H10ClNOS. The van der Waals surface area contributed by atoms with Crippen LogP contribution in [0, 0.1) is 0 Å². The van der Waals surface area contributed by atoms with Crippen molar-refractivity contribution in [3.63, 3.8) is 0 Å². The van der Waals surface area contributed by atoms with Crippen molar-refractivity contribution in [2.75, 3.05) is 0 Å². The maximum absolute atomic E-state index is 11.7. The molecule has 1 aliphatic rings. The molecule has 0 spiro atoms. The van der Waals surface area contributed by atoms with Gasteiger partial charge in [-0.25, -0.2) is 0 Å². The van der Waals surface area contributed by atoms with E-state index in [4.69, 9.17) is 11.6 Å². The van der Waals surface area contributed by atoms with Gasteiger partial charge < -0.3 is 0 Å². The molecule has 0 aliphatic heterocycles. The first-order valence-corrected chi connectivity index (χ1v) is 6.37. The number of rotatable bonds is 1. The number of halogens is 1. The van der Waals surface area contributed by atoms with E-state index in [1.165, 1.54) is 28.7 Å². The summed E-state index contributed by atoms with van der Waals surface area (Å²) >= 11 is 7.21. The number of benzene rings is 1. The van der Waals surface area contributed by atoms with Crippen molar-refractivity contribution in [1.29, 1.82) is 0 Å². The summed E-state index contributed by atoms with van der Waals surface area (Å²) in [4.78, 5) is 11.7. The van der Waals surface area contributed by atoms with Crippen LogP contribution in [0.3, 0.4) is 0 Å². The van der Waals surface area contributed by atoms with Gasteiger partial charge in [-0.15, -0.1) is 0 Å². The van der Waals surface area contributed by atoms with Crippen molar-refractivity contribution in [2.45, 2.75) is 18.9 Å². The lowest BCUT2D eigenvalue weighted by atomic mass is 10.1. The topological polar surface area (TPSA) is 22.0 Å². The first-order chi connectivity index (χ1) is 7.75. The summed E-state index contributed by atoms with van der Waals surface area (Å²) in [6.07, 6.45) is 2.04. The summed E-state index contributed by atoms with van der Waals surface area (Å²) in [5, 5.41) is 0. The fraction of sp³-hybridized carbons (Fsp3) is 0.250. The van der Waals surface area contributed by atoms with E-state index < -0.39 is 0 Å².